The van der Waals surface area contributed by atoms with E-state index in [2.05, 4.69) is 5.32 Å². The van der Waals surface area contributed by atoms with Crippen LogP contribution >= 0.6 is 0 Å². The van der Waals surface area contributed by atoms with Crippen molar-refractivity contribution < 1.29 is 19.4 Å². The molecule has 0 saturated heterocycles. The first kappa shape index (κ1) is 18.0. The van der Waals surface area contributed by atoms with E-state index in [1.54, 1.807) is 0 Å². The Kier molecular flexibility index (Phi) is 6.41. The van der Waals surface area contributed by atoms with Crippen LogP contribution in [0.15, 0.2) is 35.4 Å². The highest BCUT2D eigenvalue weighted by Gasteiger charge is 2.22. The van der Waals surface area contributed by atoms with E-state index in [1.807, 2.05) is 38.1 Å². The normalized spacial score (nSPS) is 15.2. The minimum Gasteiger partial charge on any atom is -0.494 e. The SMILES string of the molecule is CCOc1ccc(CC(CNC(=O)C2=C(C)CCC2)C(=O)O)cc1. The summed E-state index contributed by atoms with van der Waals surface area (Å²) in [5.74, 6) is -0.900. The maximum absolute atomic E-state index is 12.2. The van der Waals surface area contributed by atoms with Crippen molar-refractivity contribution in [1.29, 1.82) is 0 Å². The van der Waals surface area contributed by atoms with E-state index in [0.29, 0.717) is 13.0 Å². The van der Waals surface area contributed by atoms with Gasteiger partial charge in [0.15, 0.2) is 0 Å². The molecule has 0 aromatic heterocycles. The van der Waals surface area contributed by atoms with Gasteiger partial charge in [0.1, 0.15) is 5.75 Å². The van der Waals surface area contributed by atoms with Gasteiger partial charge in [0.05, 0.1) is 12.5 Å². The highest BCUT2D eigenvalue weighted by atomic mass is 16.5. The Balaban J connectivity index is 1.93. The van der Waals surface area contributed by atoms with E-state index in [0.717, 1.165) is 41.7 Å². The van der Waals surface area contributed by atoms with E-state index < -0.39 is 11.9 Å². The predicted octanol–water partition coefficient (Wildman–Crippen LogP) is 2.95. The average molecular weight is 331 g/mol. The van der Waals surface area contributed by atoms with E-state index in [4.69, 9.17) is 4.74 Å². The number of carboxylic acids is 1. The molecule has 0 bridgehead atoms. The molecule has 5 heteroatoms. The molecule has 1 amide bonds. The molecule has 1 aliphatic carbocycles. The second-order valence-electron chi connectivity index (χ2n) is 6.14. The minimum absolute atomic E-state index is 0.122. The van der Waals surface area contributed by atoms with Crippen LogP contribution in [0.2, 0.25) is 0 Å². The number of carbonyl (C=O) groups excluding carboxylic acids is 1. The van der Waals surface area contributed by atoms with Crippen molar-refractivity contribution in [3.8, 4) is 5.75 Å². The topological polar surface area (TPSA) is 75.6 Å². The average Bonchev–Trinajstić information content (AvgIpc) is 2.99. The Bertz CT molecular complexity index is 619. The summed E-state index contributed by atoms with van der Waals surface area (Å²) in [6.45, 7) is 4.62. The van der Waals surface area contributed by atoms with E-state index in [9.17, 15) is 14.7 Å². The smallest absolute Gasteiger partial charge is 0.308 e. The zero-order valence-corrected chi connectivity index (χ0v) is 14.3. The maximum atomic E-state index is 12.2. The third kappa shape index (κ3) is 4.85. The summed E-state index contributed by atoms with van der Waals surface area (Å²) in [4.78, 5) is 23.7. The summed E-state index contributed by atoms with van der Waals surface area (Å²) >= 11 is 0. The number of carbonyl (C=O) groups is 2. The van der Waals surface area contributed by atoms with Gasteiger partial charge < -0.3 is 15.2 Å². The number of ether oxygens (including phenoxy) is 1. The van der Waals surface area contributed by atoms with Crippen LogP contribution in [0.25, 0.3) is 0 Å². The fourth-order valence-corrected chi connectivity index (χ4v) is 2.94. The Morgan fingerprint density at radius 1 is 1.25 bits per heavy atom. The van der Waals surface area contributed by atoms with Crippen LogP contribution < -0.4 is 10.1 Å². The molecule has 0 saturated carbocycles. The highest BCUT2D eigenvalue weighted by molar-refractivity contribution is 5.94. The first-order chi connectivity index (χ1) is 11.5. The molecule has 0 aliphatic heterocycles. The highest BCUT2D eigenvalue weighted by Crippen LogP contribution is 2.25. The van der Waals surface area contributed by atoms with Crippen LogP contribution in [0.5, 0.6) is 5.75 Å². The Labute approximate surface area is 142 Å². The van der Waals surface area contributed by atoms with Gasteiger partial charge >= 0.3 is 5.97 Å². The number of amides is 1. The van der Waals surface area contributed by atoms with Crippen molar-refractivity contribution >= 4 is 11.9 Å². The maximum Gasteiger partial charge on any atom is 0.308 e. The van der Waals surface area contributed by atoms with Crippen molar-refractivity contribution in [2.75, 3.05) is 13.2 Å². The van der Waals surface area contributed by atoms with Gasteiger partial charge in [-0.25, -0.2) is 0 Å². The Hall–Kier alpha value is -2.30. The van der Waals surface area contributed by atoms with Crippen LogP contribution in [0.4, 0.5) is 0 Å². The predicted molar refractivity (Wildman–Crippen MR) is 92.0 cm³/mol. The second-order valence-corrected chi connectivity index (χ2v) is 6.14. The van der Waals surface area contributed by atoms with E-state index in [-0.39, 0.29) is 12.5 Å². The van der Waals surface area contributed by atoms with Gasteiger partial charge in [-0.15, -0.1) is 0 Å². The minimum atomic E-state index is -0.902. The molecule has 0 spiro atoms. The van der Waals surface area contributed by atoms with Crippen LogP contribution in [-0.4, -0.2) is 30.1 Å². The summed E-state index contributed by atoms with van der Waals surface area (Å²) < 4.78 is 5.38. The number of nitrogens with one attached hydrogen (secondary N) is 1. The third-order valence-corrected chi connectivity index (χ3v) is 4.34. The molecule has 0 heterocycles. The van der Waals surface area contributed by atoms with Crippen molar-refractivity contribution in [3.05, 3.63) is 41.0 Å². The lowest BCUT2D eigenvalue weighted by Crippen LogP contribution is -2.34. The van der Waals surface area contributed by atoms with Crippen LogP contribution in [0.3, 0.4) is 0 Å². The molecule has 130 valence electrons. The summed E-state index contributed by atoms with van der Waals surface area (Å²) in [6.07, 6.45) is 3.12. The number of aliphatic carboxylic acids is 1. The van der Waals surface area contributed by atoms with E-state index >= 15 is 0 Å². The molecule has 1 aromatic carbocycles. The molecule has 1 atom stereocenters. The first-order valence-corrected chi connectivity index (χ1v) is 8.42. The van der Waals surface area contributed by atoms with Gasteiger partial charge in [0.2, 0.25) is 5.91 Å². The summed E-state index contributed by atoms with van der Waals surface area (Å²) in [5.41, 5.74) is 2.85. The third-order valence-electron chi connectivity index (χ3n) is 4.34. The monoisotopic (exact) mass is 331 g/mol. The molecule has 24 heavy (non-hydrogen) atoms. The molecule has 0 fully saturated rings. The summed E-state index contributed by atoms with van der Waals surface area (Å²) in [7, 11) is 0. The van der Waals surface area contributed by atoms with Gasteiger partial charge in [-0.3, -0.25) is 9.59 Å². The van der Waals surface area contributed by atoms with Gasteiger partial charge in [-0.1, -0.05) is 17.7 Å². The van der Waals surface area contributed by atoms with Crippen molar-refractivity contribution in [3.63, 3.8) is 0 Å². The Morgan fingerprint density at radius 2 is 1.96 bits per heavy atom. The number of allylic oxidation sites excluding steroid dienone is 1. The number of carboxylic acid groups (broad SMARTS) is 1. The lowest BCUT2D eigenvalue weighted by molar-refractivity contribution is -0.141. The zero-order chi connectivity index (χ0) is 17.5. The molecule has 0 radical (unpaired) electrons. The van der Waals surface area contributed by atoms with Crippen LogP contribution in [-0.2, 0) is 16.0 Å². The summed E-state index contributed by atoms with van der Waals surface area (Å²) in [5, 5.41) is 12.2. The standard InChI is InChI=1S/C19H25NO4/c1-3-24-16-9-7-14(8-10-16)11-15(19(22)23)12-20-18(21)17-6-4-5-13(17)2/h7-10,15H,3-6,11-12H2,1-2H3,(H,20,21)(H,22,23). The van der Waals surface area contributed by atoms with Gasteiger partial charge in [-0.05, 0) is 57.2 Å². The van der Waals surface area contributed by atoms with Crippen LogP contribution in [0.1, 0.15) is 38.7 Å². The fourth-order valence-electron chi connectivity index (χ4n) is 2.94. The molecule has 5 nitrogen and oxygen atoms in total. The quantitative estimate of drug-likeness (QED) is 0.768. The molecule has 1 unspecified atom stereocenters. The first-order valence-electron chi connectivity index (χ1n) is 8.42. The number of rotatable bonds is 8. The van der Waals surface area contributed by atoms with Crippen LogP contribution in [0, 0.1) is 5.92 Å². The molecule has 1 aromatic rings. The Morgan fingerprint density at radius 3 is 2.50 bits per heavy atom. The van der Waals surface area contributed by atoms with Gasteiger partial charge in [0, 0.05) is 12.1 Å². The van der Waals surface area contributed by atoms with Crippen molar-refractivity contribution in [1.82, 2.24) is 5.32 Å². The zero-order valence-electron chi connectivity index (χ0n) is 14.3. The fraction of sp³-hybridized carbons (Fsp3) is 0.474. The van der Waals surface area contributed by atoms with Crippen molar-refractivity contribution in [2.24, 2.45) is 5.92 Å². The lowest BCUT2D eigenvalue weighted by atomic mass is 9.99. The molecule has 2 N–H and O–H groups in total. The molecular weight excluding hydrogens is 306 g/mol. The van der Waals surface area contributed by atoms with Gasteiger partial charge in [-0.2, -0.15) is 0 Å². The largest absolute Gasteiger partial charge is 0.494 e. The summed E-state index contributed by atoms with van der Waals surface area (Å²) in [6, 6.07) is 7.41. The lowest BCUT2D eigenvalue weighted by Gasteiger charge is -2.14. The molecular formula is C19H25NO4. The number of hydrogen-bond donors (Lipinski definition) is 2. The molecule has 1 aliphatic rings. The van der Waals surface area contributed by atoms with E-state index in [1.165, 1.54) is 0 Å². The van der Waals surface area contributed by atoms with Gasteiger partial charge in [0.25, 0.3) is 0 Å². The second kappa shape index (κ2) is 8.52. The van der Waals surface area contributed by atoms with Crippen molar-refractivity contribution in [2.45, 2.75) is 39.5 Å². The number of benzene rings is 1. The molecule has 2 rings (SSSR count). The number of hydrogen-bond acceptors (Lipinski definition) is 3.